The van der Waals surface area contributed by atoms with Crippen LogP contribution in [0.5, 0.6) is 0 Å². The lowest BCUT2D eigenvalue weighted by atomic mass is 9.54. The molecule has 0 unspecified atom stereocenters. The summed E-state index contributed by atoms with van der Waals surface area (Å²) in [5, 5.41) is 21.7. The molecule has 38 heavy (non-hydrogen) atoms. The highest BCUT2D eigenvalue weighted by Gasteiger charge is 2.47. The van der Waals surface area contributed by atoms with Gasteiger partial charge in [-0.15, -0.1) is 0 Å². The first-order valence-electron chi connectivity index (χ1n) is 13.8. The Kier molecular flexibility index (Phi) is 6.75. The van der Waals surface area contributed by atoms with Gasteiger partial charge in [0.1, 0.15) is 0 Å². The van der Waals surface area contributed by atoms with Crippen LogP contribution in [0.2, 0.25) is 5.02 Å². The minimum atomic E-state index is -0.172. The maximum atomic E-state index is 13.4. The van der Waals surface area contributed by atoms with Crippen LogP contribution < -0.4 is 10.6 Å². The molecule has 3 aromatic rings. The van der Waals surface area contributed by atoms with Crippen molar-refractivity contribution in [2.24, 2.45) is 23.7 Å². The number of hydrogen-bond donors (Lipinski definition) is 2. The summed E-state index contributed by atoms with van der Waals surface area (Å²) in [6.07, 6.45) is 7.00. The van der Waals surface area contributed by atoms with Crippen LogP contribution in [-0.2, 0) is 0 Å². The topological polar surface area (TPSA) is 82.7 Å². The number of rotatable bonds is 7. The molecule has 0 spiro atoms. The summed E-state index contributed by atoms with van der Waals surface area (Å²) in [4.78, 5) is 13.4. The number of benzene rings is 2. The van der Waals surface area contributed by atoms with E-state index in [1.807, 2.05) is 54.9 Å². The predicted octanol–water partition coefficient (Wildman–Crippen LogP) is 5.83. The minimum absolute atomic E-state index is 0.172. The van der Waals surface area contributed by atoms with Crippen molar-refractivity contribution in [3.05, 3.63) is 69.9 Å². The summed E-state index contributed by atoms with van der Waals surface area (Å²) in [7, 11) is 0. The molecule has 0 atom stereocenters. The van der Waals surface area contributed by atoms with Gasteiger partial charge in [0.15, 0.2) is 5.69 Å². The molecule has 4 aliphatic rings. The standard InChI is InChI=1S/C31H34ClN5O/c1-18-11-20(17-33)3-8-27(18)37-30(23-4-6-26(32)7-5-23)19(2)28(36-37)31(38)35-10-9-34-29-24-13-21-12-22(15-24)16-25(29)14-21/h3-8,11,21-22,24-25,29,34H,9-10,12-16H2,1-2H3,(H,35,38)/t21-,22+,24-,25+,29?. The molecule has 2 N–H and O–H groups in total. The molecule has 1 amide bonds. The van der Waals surface area contributed by atoms with Gasteiger partial charge in [-0.25, -0.2) is 4.68 Å². The van der Waals surface area contributed by atoms with Gasteiger partial charge in [-0.3, -0.25) is 4.79 Å². The first kappa shape index (κ1) is 25.2. The van der Waals surface area contributed by atoms with Crippen LogP contribution in [0.3, 0.4) is 0 Å². The average Bonchev–Trinajstić information content (AvgIpc) is 3.24. The molecule has 1 heterocycles. The Bertz CT molecular complexity index is 1370. The van der Waals surface area contributed by atoms with Gasteiger partial charge in [0.05, 0.1) is 23.0 Å². The van der Waals surface area contributed by atoms with Crippen LogP contribution >= 0.6 is 11.6 Å². The third-order valence-corrected chi connectivity index (χ3v) is 9.28. The van der Waals surface area contributed by atoms with Crippen LogP contribution in [0.15, 0.2) is 42.5 Å². The second kappa shape index (κ2) is 10.2. The highest BCUT2D eigenvalue weighted by molar-refractivity contribution is 6.30. The fourth-order valence-corrected chi connectivity index (χ4v) is 7.68. The number of carbonyl (C=O) groups excluding carboxylic acids is 1. The smallest absolute Gasteiger partial charge is 0.272 e. The van der Waals surface area contributed by atoms with E-state index < -0.39 is 0 Å². The van der Waals surface area contributed by atoms with Gasteiger partial charge >= 0.3 is 0 Å². The molecule has 4 aliphatic carbocycles. The molecular weight excluding hydrogens is 494 g/mol. The van der Waals surface area contributed by atoms with Gasteiger partial charge in [0.25, 0.3) is 5.91 Å². The Hall–Kier alpha value is -3.14. The van der Waals surface area contributed by atoms with Crippen molar-refractivity contribution in [1.82, 2.24) is 20.4 Å². The Labute approximate surface area is 229 Å². The second-order valence-corrected chi connectivity index (χ2v) is 12.0. The molecule has 1 aromatic heterocycles. The normalized spacial score (nSPS) is 25.4. The zero-order valence-corrected chi connectivity index (χ0v) is 22.8. The Morgan fingerprint density at radius 1 is 1.03 bits per heavy atom. The molecule has 7 heteroatoms. The van der Waals surface area contributed by atoms with E-state index in [1.165, 1.54) is 32.1 Å². The van der Waals surface area contributed by atoms with Gasteiger partial charge in [-0.2, -0.15) is 10.4 Å². The number of hydrogen-bond acceptors (Lipinski definition) is 4. The van der Waals surface area contributed by atoms with Gasteiger partial charge in [-0.1, -0.05) is 23.7 Å². The van der Waals surface area contributed by atoms with E-state index in [4.69, 9.17) is 16.7 Å². The summed E-state index contributed by atoms with van der Waals surface area (Å²) in [6, 6.07) is 15.9. The number of amides is 1. The Balaban J connectivity index is 1.20. The van der Waals surface area contributed by atoms with Gasteiger partial charge in [-0.05, 0) is 106 Å². The van der Waals surface area contributed by atoms with Crippen molar-refractivity contribution in [2.45, 2.75) is 52.0 Å². The summed E-state index contributed by atoms with van der Waals surface area (Å²) >= 11 is 6.15. The molecule has 2 aromatic carbocycles. The highest BCUT2D eigenvalue weighted by atomic mass is 35.5. The van der Waals surface area contributed by atoms with Gasteiger partial charge in [0.2, 0.25) is 0 Å². The third-order valence-electron chi connectivity index (χ3n) is 9.03. The summed E-state index contributed by atoms with van der Waals surface area (Å²) in [6.45, 7) is 5.24. The number of nitrogens with zero attached hydrogens (tertiary/aromatic N) is 3. The first-order chi connectivity index (χ1) is 18.4. The molecule has 196 valence electrons. The lowest BCUT2D eigenvalue weighted by Crippen LogP contribution is -2.55. The number of aromatic nitrogens is 2. The number of nitriles is 1. The van der Waals surface area contributed by atoms with Crippen LogP contribution in [0.4, 0.5) is 0 Å². The van der Waals surface area contributed by atoms with Crippen molar-refractivity contribution in [1.29, 1.82) is 5.26 Å². The van der Waals surface area contributed by atoms with Crippen LogP contribution in [0, 0.1) is 48.9 Å². The molecule has 4 saturated carbocycles. The summed E-state index contributed by atoms with van der Waals surface area (Å²) < 4.78 is 1.82. The molecule has 6 nitrogen and oxygen atoms in total. The van der Waals surface area contributed by atoms with E-state index >= 15 is 0 Å². The van der Waals surface area contributed by atoms with Crippen molar-refractivity contribution >= 4 is 17.5 Å². The Morgan fingerprint density at radius 2 is 1.71 bits per heavy atom. The van der Waals surface area contributed by atoms with Gasteiger partial charge in [0, 0.05) is 35.3 Å². The third kappa shape index (κ3) is 4.63. The minimum Gasteiger partial charge on any atom is -0.349 e. The first-order valence-corrected chi connectivity index (χ1v) is 14.2. The fraction of sp³-hybridized carbons (Fsp3) is 0.452. The molecule has 0 aliphatic heterocycles. The van der Waals surface area contributed by atoms with Crippen LogP contribution in [0.25, 0.3) is 16.9 Å². The van der Waals surface area contributed by atoms with Gasteiger partial charge < -0.3 is 10.6 Å². The van der Waals surface area contributed by atoms with Crippen molar-refractivity contribution in [2.75, 3.05) is 13.1 Å². The van der Waals surface area contributed by atoms with Crippen LogP contribution in [-0.4, -0.2) is 34.8 Å². The lowest BCUT2D eigenvalue weighted by molar-refractivity contribution is -0.0133. The number of carbonyl (C=O) groups is 1. The van der Waals surface area contributed by atoms with E-state index in [-0.39, 0.29) is 5.91 Å². The quantitative estimate of drug-likeness (QED) is 0.379. The maximum Gasteiger partial charge on any atom is 0.272 e. The van der Waals surface area contributed by atoms with E-state index in [2.05, 4.69) is 16.7 Å². The average molecular weight is 528 g/mol. The predicted molar refractivity (Wildman–Crippen MR) is 149 cm³/mol. The van der Waals surface area contributed by atoms with Crippen LogP contribution in [0.1, 0.15) is 59.3 Å². The molecule has 7 rings (SSSR count). The molecule has 4 fully saturated rings. The number of nitrogens with one attached hydrogen (secondary N) is 2. The largest absolute Gasteiger partial charge is 0.349 e. The van der Waals surface area contributed by atoms with E-state index in [0.29, 0.717) is 28.9 Å². The zero-order valence-electron chi connectivity index (χ0n) is 22.0. The highest BCUT2D eigenvalue weighted by Crippen LogP contribution is 2.53. The molecular formula is C31H34ClN5O. The fourth-order valence-electron chi connectivity index (χ4n) is 7.55. The van der Waals surface area contributed by atoms with Crippen molar-refractivity contribution in [3.8, 4) is 23.0 Å². The summed E-state index contributed by atoms with van der Waals surface area (Å²) in [5.74, 6) is 3.38. The zero-order chi connectivity index (χ0) is 26.4. The van der Waals surface area contributed by atoms with Crippen molar-refractivity contribution in [3.63, 3.8) is 0 Å². The monoisotopic (exact) mass is 527 g/mol. The van der Waals surface area contributed by atoms with E-state index in [1.54, 1.807) is 6.07 Å². The maximum absolute atomic E-state index is 13.4. The van der Waals surface area contributed by atoms with Crippen molar-refractivity contribution < 1.29 is 4.79 Å². The Morgan fingerprint density at radius 3 is 2.34 bits per heavy atom. The summed E-state index contributed by atoms with van der Waals surface area (Å²) in [5.41, 5.74) is 5.31. The van der Waals surface area contributed by atoms with E-state index in [9.17, 15) is 10.1 Å². The lowest BCUT2D eigenvalue weighted by Gasteiger charge is -2.54. The van der Waals surface area contributed by atoms with E-state index in [0.717, 1.165) is 58.3 Å². The second-order valence-electron chi connectivity index (χ2n) is 11.5. The number of halogens is 1. The molecule has 0 radical (unpaired) electrons. The number of aryl methyl sites for hydroxylation is 1. The molecule has 4 bridgehead atoms. The molecule has 0 saturated heterocycles. The SMILES string of the molecule is Cc1cc(C#N)ccc1-n1nc(C(=O)NCCNC2[C@H]3C[C@@H]4C[C@@H](C[C@H]2C4)C3)c(C)c1-c1ccc(Cl)cc1.